The van der Waals surface area contributed by atoms with E-state index in [2.05, 4.69) is 34.5 Å². The van der Waals surface area contributed by atoms with Crippen LogP contribution in [0.5, 0.6) is 0 Å². The van der Waals surface area contributed by atoms with E-state index in [0.29, 0.717) is 12.6 Å². The lowest BCUT2D eigenvalue weighted by molar-refractivity contribution is -0.124. The molecule has 3 rings (SSSR count). The third-order valence-electron chi connectivity index (χ3n) is 4.11. The molecule has 1 unspecified atom stereocenters. The van der Waals surface area contributed by atoms with Crippen LogP contribution < -0.4 is 11.1 Å². The number of rotatable bonds is 2. The van der Waals surface area contributed by atoms with Crippen molar-refractivity contribution in [3.05, 3.63) is 35.4 Å². The van der Waals surface area contributed by atoms with E-state index in [-0.39, 0.29) is 11.9 Å². The third-order valence-corrected chi connectivity index (χ3v) is 4.11. The van der Waals surface area contributed by atoms with Crippen LogP contribution in [0.3, 0.4) is 0 Å². The normalized spacial score (nSPS) is 25.0. The van der Waals surface area contributed by atoms with E-state index in [9.17, 15) is 4.79 Å². The molecule has 1 aromatic rings. The molecule has 1 amide bonds. The van der Waals surface area contributed by atoms with E-state index in [0.717, 1.165) is 25.9 Å². The van der Waals surface area contributed by atoms with E-state index in [1.54, 1.807) is 0 Å². The monoisotopic (exact) mass is 245 g/mol. The molecular formula is C14H19N3O. The Balaban J connectivity index is 1.78. The fourth-order valence-electron chi connectivity index (χ4n) is 3.19. The molecule has 3 N–H and O–H groups in total. The molecule has 0 saturated carbocycles. The van der Waals surface area contributed by atoms with Crippen molar-refractivity contribution >= 4 is 5.91 Å². The van der Waals surface area contributed by atoms with Crippen LogP contribution in [0.1, 0.15) is 11.1 Å². The Labute approximate surface area is 107 Å². The Morgan fingerprint density at radius 2 is 1.94 bits per heavy atom. The first kappa shape index (κ1) is 11.7. The zero-order valence-electron chi connectivity index (χ0n) is 10.4. The molecule has 4 heteroatoms. The molecule has 96 valence electrons. The second kappa shape index (κ2) is 4.71. The number of amides is 1. The molecule has 4 nitrogen and oxygen atoms in total. The summed E-state index contributed by atoms with van der Waals surface area (Å²) in [6.07, 6.45) is 2.08. The zero-order chi connectivity index (χ0) is 12.5. The number of carbonyl (C=O) groups is 1. The Morgan fingerprint density at radius 3 is 2.56 bits per heavy atom. The van der Waals surface area contributed by atoms with Gasteiger partial charge >= 0.3 is 0 Å². The molecule has 0 bridgehead atoms. The first-order valence-corrected chi connectivity index (χ1v) is 6.58. The summed E-state index contributed by atoms with van der Waals surface area (Å²) < 4.78 is 0. The van der Waals surface area contributed by atoms with Gasteiger partial charge in [-0.25, -0.2) is 0 Å². The fraction of sp³-hybridized carbons (Fsp3) is 0.500. The molecule has 1 aliphatic heterocycles. The summed E-state index contributed by atoms with van der Waals surface area (Å²) in [6.45, 7) is 2.53. The number of carbonyl (C=O) groups excluding carboxylic acids is 1. The predicted octanol–water partition coefficient (Wildman–Crippen LogP) is -0.0871. The van der Waals surface area contributed by atoms with E-state index in [4.69, 9.17) is 5.73 Å². The van der Waals surface area contributed by atoms with Gasteiger partial charge in [-0.05, 0) is 24.0 Å². The topological polar surface area (TPSA) is 58.4 Å². The largest absolute Gasteiger partial charge is 0.368 e. The molecule has 18 heavy (non-hydrogen) atoms. The van der Waals surface area contributed by atoms with Crippen LogP contribution >= 0.6 is 0 Å². The van der Waals surface area contributed by atoms with Crippen molar-refractivity contribution in [3.8, 4) is 0 Å². The summed E-state index contributed by atoms with van der Waals surface area (Å²) in [5.41, 5.74) is 8.35. The SMILES string of the molecule is NC(=O)C1CNCCN1C1Cc2ccccc2C1. The molecule has 2 aliphatic rings. The van der Waals surface area contributed by atoms with Gasteiger partial charge < -0.3 is 11.1 Å². The molecule has 1 fully saturated rings. The molecule has 1 heterocycles. The Kier molecular flexibility index (Phi) is 3.06. The van der Waals surface area contributed by atoms with E-state index >= 15 is 0 Å². The van der Waals surface area contributed by atoms with E-state index < -0.39 is 0 Å². The highest BCUT2D eigenvalue weighted by atomic mass is 16.1. The number of primary amides is 1. The Morgan fingerprint density at radius 1 is 1.28 bits per heavy atom. The molecule has 1 aliphatic carbocycles. The van der Waals surface area contributed by atoms with E-state index in [1.807, 2.05) is 0 Å². The van der Waals surface area contributed by atoms with Gasteiger partial charge in [-0.2, -0.15) is 0 Å². The fourth-order valence-corrected chi connectivity index (χ4v) is 3.19. The van der Waals surface area contributed by atoms with Crippen molar-refractivity contribution in [2.24, 2.45) is 5.73 Å². The van der Waals surface area contributed by atoms with Crippen molar-refractivity contribution in [3.63, 3.8) is 0 Å². The number of nitrogens with zero attached hydrogens (tertiary/aromatic N) is 1. The van der Waals surface area contributed by atoms with Crippen molar-refractivity contribution < 1.29 is 4.79 Å². The van der Waals surface area contributed by atoms with Crippen LogP contribution in [0, 0.1) is 0 Å². The van der Waals surface area contributed by atoms with Crippen LogP contribution in [0.4, 0.5) is 0 Å². The van der Waals surface area contributed by atoms with Gasteiger partial charge in [-0.15, -0.1) is 0 Å². The number of fused-ring (bicyclic) bond motifs is 1. The molecule has 0 aromatic heterocycles. The summed E-state index contributed by atoms with van der Waals surface area (Å²) >= 11 is 0. The van der Waals surface area contributed by atoms with Gasteiger partial charge in [0.25, 0.3) is 0 Å². The minimum absolute atomic E-state index is 0.155. The maximum Gasteiger partial charge on any atom is 0.236 e. The van der Waals surface area contributed by atoms with Crippen LogP contribution in [0.15, 0.2) is 24.3 Å². The third kappa shape index (κ3) is 2.02. The highest BCUT2D eigenvalue weighted by Gasteiger charge is 2.35. The summed E-state index contributed by atoms with van der Waals surface area (Å²) in [7, 11) is 0. The number of hydrogen-bond acceptors (Lipinski definition) is 3. The summed E-state index contributed by atoms with van der Waals surface area (Å²) in [4.78, 5) is 13.8. The minimum atomic E-state index is -0.210. The van der Waals surface area contributed by atoms with Gasteiger partial charge in [-0.1, -0.05) is 24.3 Å². The van der Waals surface area contributed by atoms with Gasteiger partial charge in [-0.3, -0.25) is 9.69 Å². The number of nitrogens with two attached hydrogens (primary N) is 1. The zero-order valence-corrected chi connectivity index (χ0v) is 10.4. The summed E-state index contributed by atoms with van der Waals surface area (Å²) in [5.74, 6) is -0.210. The lowest BCUT2D eigenvalue weighted by atomic mass is 10.1. The van der Waals surface area contributed by atoms with Crippen LogP contribution in [-0.4, -0.2) is 42.5 Å². The second-order valence-electron chi connectivity index (χ2n) is 5.19. The average molecular weight is 245 g/mol. The number of piperazine rings is 1. The standard InChI is InChI=1S/C14H19N3O/c15-14(18)13-9-16-5-6-17(13)12-7-10-3-1-2-4-11(10)8-12/h1-4,12-13,16H,5-9H2,(H2,15,18). The smallest absolute Gasteiger partial charge is 0.236 e. The molecule has 1 atom stereocenters. The minimum Gasteiger partial charge on any atom is -0.368 e. The molecule has 0 radical (unpaired) electrons. The lowest BCUT2D eigenvalue weighted by Crippen LogP contribution is -2.60. The predicted molar refractivity (Wildman–Crippen MR) is 70.2 cm³/mol. The molecule has 1 saturated heterocycles. The van der Waals surface area contributed by atoms with Gasteiger partial charge in [0.15, 0.2) is 0 Å². The quantitative estimate of drug-likeness (QED) is 0.766. The number of hydrogen-bond donors (Lipinski definition) is 2. The first-order valence-electron chi connectivity index (χ1n) is 6.58. The Hall–Kier alpha value is -1.39. The van der Waals surface area contributed by atoms with Crippen LogP contribution in [0.25, 0.3) is 0 Å². The highest BCUT2D eigenvalue weighted by molar-refractivity contribution is 5.80. The molecule has 0 spiro atoms. The second-order valence-corrected chi connectivity index (χ2v) is 5.19. The lowest BCUT2D eigenvalue weighted by Gasteiger charge is -2.38. The maximum atomic E-state index is 11.5. The average Bonchev–Trinajstić information content (AvgIpc) is 2.82. The summed E-state index contributed by atoms with van der Waals surface area (Å²) in [5, 5.41) is 3.25. The van der Waals surface area contributed by atoms with Gasteiger partial charge in [0, 0.05) is 25.7 Å². The van der Waals surface area contributed by atoms with Crippen molar-refractivity contribution in [2.45, 2.75) is 24.9 Å². The molecule has 1 aromatic carbocycles. The first-order chi connectivity index (χ1) is 8.75. The molecular weight excluding hydrogens is 226 g/mol. The highest BCUT2D eigenvalue weighted by Crippen LogP contribution is 2.26. The van der Waals surface area contributed by atoms with Gasteiger partial charge in [0.05, 0.1) is 0 Å². The van der Waals surface area contributed by atoms with Crippen molar-refractivity contribution in [2.75, 3.05) is 19.6 Å². The van der Waals surface area contributed by atoms with Gasteiger partial charge in [0.1, 0.15) is 6.04 Å². The van der Waals surface area contributed by atoms with Crippen LogP contribution in [0.2, 0.25) is 0 Å². The number of nitrogens with one attached hydrogen (secondary N) is 1. The van der Waals surface area contributed by atoms with Gasteiger partial charge in [0.2, 0.25) is 5.91 Å². The summed E-state index contributed by atoms with van der Waals surface area (Å²) in [6, 6.07) is 8.84. The maximum absolute atomic E-state index is 11.5. The van der Waals surface area contributed by atoms with Crippen molar-refractivity contribution in [1.82, 2.24) is 10.2 Å². The van der Waals surface area contributed by atoms with E-state index in [1.165, 1.54) is 11.1 Å². The van der Waals surface area contributed by atoms with Crippen LogP contribution in [-0.2, 0) is 17.6 Å². The number of benzene rings is 1. The van der Waals surface area contributed by atoms with Crippen molar-refractivity contribution in [1.29, 1.82) is 0 Å². The Bertz CT molecular complexity index is 435.